The van der Waals surface area contributed by atoms with Crippen LogP contribution in [0.1, 0.15) is 5.56 Å². The fourth-order valence-electron chi connectivity index (χ4n) is 2.38. The normalized spacial score (nSPS) is 11.0. The van der Waals surface area contributed by atoms with Crippen LogP contribution < -0.4 is 20.5 Å². The van der Waals surface area contributed by atoms with Gasteiger partial charge < -0.3 is 20.5 Å². The van der Waals surface area contributed by atoms with E-state index in [4.69, 9.17) is 15.2 Å². The third-order valence-corrected chi connectivity index (χ3v) is 3.70. The molecule has 0 spiro atoms. The van der Waals surface area contributed by atoms with Crippen molar-refractivity contribution in [3.05, 3.63) is 84.4 Å². The number of aliphatic imine (C=N–C) groups is 1. The number of rotatable bonds is 6. The molecule has 3 N–H and O–H groups in total. The Morgan fingerprint density at radius 2 is 1.54 bits per heavy atom. The second kappa shape index (κ2) is 8.58. The summed E-state index contributed by atoms with van der Waals surface area (Å²) in [5.74, 6) is 2.49. The van der Waals surface area contributed by atoms with Crippen molar-refractivity contribution < 1.29 is 9.47 Å². The first-order valence-corrected chi connectivity index (χ1v) is 8.26. The third kappa shape index (κ3) is 4.77. The molecule has 0 aliphatic heterocycles. The number of hydrogen-bond acceptors (Lipinski definition) is 3. The van der Waals surface area contributed by atoms with Gasteiger partial charge in [-0.3, -0.25) is 0 Å². The number of anilines is 1. The van der Waals surface area contributed by atoms with Crippen molar-refractivity contribution in [3.63, 3.8) is 0 Å². The topological polar surface area (TPSA) is 68.9 Å². The summed E-state index contributed by atoms with van der Waals surface area (Å²) in [5, 5.41) is 3.06. The van der Waals surface area contributed by atoms with Crippen LogP contribution in [-0.2, 0) is 6.54 Å². The third-order valence-electron chi connectivity index (χ3n) is 3.70. The van der Waals surface area contributed by atoms with Crippen LogP contribution in [0.25, 0.3) is 0 Å². The molecule has 26 heavy (non-hydrogen) atoms. The number of nitrogens with zero attached hydrogens (tertiary/aromatic N) is 1. The summed E-state index contributed by atoms with van der Waals surface area (Å²) in [4.78, 5) is 4.35. The van der Waals surface area contributed by atoms with Crippen molar-refractivity contribution in [2.45, 2.75) is 6.54 Å². The summed E-state index contributed by atoms with van der Waals surface area (Å²) in [6, 6.07) is 25.0. The Morgan fingerprint density at radius 3 is 2.23 bits per heavy atom. The van der Waals surface area contributed by atoms with Crippen LogP contribution in [0.3, 0.4) is 0 Å². The minimum Gasteiger partial charge on any atom is -0.493 e. The standard InChI is InChI=1S/C21H21N3O2/c1-25-19-9-5-6-10-20(19)26-18-13-11-16(12-14-18)15-23-21(22)24-17-7-3-2-4-8-17/h2-14H,15H2,1H3,(H3,22,23,24). The number of nitrogens with two attached hydrogens (primary N) is 1. The molecule has 0 bridgehead atoms. The van der Waals surface area contributed by atoms with Crippen molar-refractivity contribution in [3.8, 4) is 17.2 Å². The second-order valence-electron chi connectivity index (χ2n) is 5.59. The molecule has 0 saturated carbocycles. The lowest BCUT2D eigenvalue weighted by molar-refractivity contribution is 0.379. The fraction of sp³-hybridized carbons (Fsp3) is 0.0952. The quantitative estimate of drug-likeness (QED) is 0.512. The van der Waals surface area contributed by atoms with Crippen molar-refractivity contribution >= 4 is 11.6 Å². The van der Waals surface area contributed by atoms with Crippen molar-refractivity contribution in [1.82, 2.24) is 0 Å². The first kappa shape index (κ1) is 17.4. The summed E-state index contributed by atoms with van der Waals surface area (Å²) in [5.41, 5.74) is 7.87. The Labute approximate surface area is 153 Å². The number of para-hydroxylation sites is 3. The van der Waals surface area contributed by atoms with Crippen LogP contribution in [0.15, 0.2) is 83.9 Å². The van der Waals surface area contributed by atoms with Crippen LogP contribution >= 0.6 is 0 Å². The lowest BCUT2D eigenvalue weighted by atomic mass is 10.2. The van der Waals surface area contributed by atoms with E-state index >= 15 is 0 Å². The molecule has 3 aromatic rings. The van der Waals surface area contributed by atoms with E-state index in [9.17, 15) is 0 Å². The van der Waals surface area contributed by atoms with Crippen LogP contribution in [0.5, 0.6) is 17.2 Å². The molecule has 5 heteroatoms. The molecule has 0 amide bonds. The molecule has 5 nitrogen and oxygen atoms in total. The van der Waals surface area contributed by atoms with Crippen molar-refractivity contribution in [1.29, 1.82) is 0 Å². The lowest BCUT2D eigenvalue weighted by Gasteiger charge is -2.10. The van der Waals surface area contributed by atoms with Gasteiger partial charge in [-0.2, -0.15) is 0 Å². The van der Waals surface area contributed by atoms with Gasteiger partial charge in [-0.25, -0.2) is 4.99 Å². The Bertz CT molecular complexity index is 862. The summed E-state index contributed by atoms with van der Waals surface area (Å²) < 4.78 is 11.2. The van der Waals surface area contributed by atoms with E-state index in [0.29, 0.717) is 24.0 Å². The zero-order valence-corrected chi connectivity index (χ0v) is 14.6. The molecule has 0 aliphatic rings. The van der Waals surface area contributed by atoms with Crippen LogP contribution in [0.2, 0.25) is 0 Å². The lowest BCUT2D eigenvalue weighted by Crippen LogP contribution is -2.22. The highest BCUT2D eigenvalue weighted by atomic mass is 16.5. The molecule has 0 radical (unpaired) electrons. The molecule has 3 rings (SSSR count). The van der Waals surface area contributed by atoms with Gasteiger partial charge in [0.05, 0.1) is 13.7 Å². The summed E-state index contributed by atoms with van der Waals surface area (Å²) in [6.45, 7) is 0.487. The predicted octanol–water partition coefficient (Wildman–Crippen LogP) is 4.41. The van der Waals surface area contributed by atoms with E-state index in [1.165, 1.54) is 0 Å². The van der Waals surface area contributed by atoms with Gasteiger partial charge in [-0.05, 0) is 42.0 Å². The molecule has 0 atom stereocenters. The average Bonchev–Trinajstić information content (AvgIpc) is 2.69. The zero-order chi connectivity index (χ0) is 18.2. The Kier molecular flexibility index (Phi) is 5.72. The van der Waals surface area contributed by atoms with Gasteiger partial charge >= 0.3 is 0 Å². The van der Waals surface area contributed by atoms with E-state index < -0.39 is 0 Å². The maximum atomic E-state index is 5.92. The Balaban J connectivity index is 1.60. The summed E-state index contributed by atoms with van der Waals surface area (Å²) >= 11 is 0. The zero-order valence-electron chi connectivity index (χ0n) is 14.6. The summed E-state index contributed by atoms with van der Waals surface area (Å²) in [7, 11) is 1.62. The van der Waals surface area contributed by atoms with Gasteiger partial charge in [0.15, 0.2) is 17.5 Å². The van der Waals surface area contributed by atoms with Gasteiger partial charge in [0, 0.05) is 5.69 Å². The molecule has 0 fully saturated rings. The SMILES string of the molecule is COc1ccccc1Oc1ccc(CN=C(N)Nc2ccccc2)cc1. The van der Waals surface area contributed by atoms with E-state index in [1.807, 2.05) is 78.9 Å². The van der Waals surface area contributed by atoms with Gasteiger partial charge in [0.1, 0.15) is 5.75 Å². The number of methoxy groups -OCH3 is 1. The van der Waals surface area contributed by atoms with E-state index in [1.54, 1.807) is 7.11 Å². The van der Waals surface area contributed by atoms with Crippen LogP contribution in [0.4, 0.5) is 5.69 Å². The Morgan fingerprint density at radius 1 is 0.885 bits per heavy atom. The van der Waals surface area contributed by atoms with E-state index in [0.717, 1.165) is 17.0 Å². The van der Waals surface area contributed by atoms with Gasteiger partial charge in [0.25, 0.3) is 0 Å². The first-order chi connectivity index (χ1) is 12.7. The van der Waals surface area contributed by atoms with Gasteiger partial charge in [-0.15, -0.1) is 0 Å². The fourth-order valence-corrected chi connectivity index (χ4v) is 2.38. The van der Waals surface area contributed by atoms with Gasteiger partial charge in [-0.1, -0.05) is 42.5 Å². The minimum atomic E-state index is 0.380. The number of benzene rings is 3. The monoisotopic (exact) mass is 347 g/mol. The van der Waals surface area contributed by atoms with Crippen LogP contribution in [-0.4, -0.2) is 13.1 Å². The molecule has 132 valence electrons. The highest BCUT2D eigenvalue weighted by molar-refractivity contribution is 5.92. The molecule has 3 aromatic carbocycles. The Hall–Kier alpha value is -3.47. The largest absolute Gasteiger partial charge is 0.493 e. The number of guanidine groups is 1. The first-order valence-electron chi connectivity index (χ1n) is 8.26. The highest BCUT2D eigenvalue weighted by Crippen LogP contribution is 2.30. The molecule has 0 saturated heterocycles. The molecular formula is C21H21N3O2. The second-order valence-corrected chi connectivity index (χ2v) is 5.59. The summed E-state index contributed by atoms with van der Waals surface area (Å²) in [6.07, 6.45) is 0. The van der Waals surface area contributed by atoms with E-state index in [-0.39, 0.29) is 0 Å². The predicted molar refractivity (Wildman–Crippen MR) is 105 cm³/mol. The maximum Gasteiger partial charge on any atom is 0.193 e. The van der Waals surface area contributed by atoms with E-state index in [2.05, 4.69) is 10.3 Å². The molecule has 0 aromatic heterocycles. The van der Waals surface area contributed by atoms with Crippen LogP contribution in [0, 0.1) is 0 Å². The molecule has 0 aliphatic carbocycles. The molecule has 0 unspecified atom stereocenters. The number of nitrogens with one attached hydrogen (secondary N) is 1. The average molecular weight is 347 g/mol. The smallest absolute Gasteiger partial charge is 0.193 e. The van der Waals surface area contributed by atoms with Crippen molar-refractivity contribution in [2.75, 3.05) is 12.4 Å². The highest BCUT2D eigenvalue weighted by Gasteiger charge is 2.04. The molecule has 0 heterocycles. The minimum absolute atomic E-state index is 0.380. The molecular weight excluding hydrogens is 326 g/mol. The number of hydrogen-bond donors (Lipinski definition) is 2. The van der Waals surface area contributed by atoms with Gasteiger partial charge in [0.2, 0.25) is 0 Å². The number of ether oxygens (including phenoxy) is 2. The van der Waals surface area contributed by atoms with Crippen molar-refractivity contribution in [2.24, 2.45) is 10.7 Å². The maximum absolute atomic E-state index is 5.92.